The Morgan fingerprint density at radius 2 is 1.97 bits per heavy atom. The molecule has 0 aliphatic carbocycles. The summed E-state index contributed by atoms with van der Waals surface area (Å²) in [5, 5.41) is 24.9. The molecule has 2 N–H and O–H groups in total. The van der Waals surface area contributed by atoms with Gasteiger partial charge in [-0.1, -0.05) is 30.0 Å². The van der Waals surface area contributed by atoms with Crippen LogP contribution in [0.5, 0.6) is 0 Å². The first-order valence-corrected chi connectivity index (χ1v) is 10.8. The van der Waals surface area contributed by atoms with E-state index >= 15 is 0 Å². The molecule has 3 rings (SSSR count). The van der Waals surface area contributed by atoms with Gasteiger partial charge in [0.05, 0.1) is 22.3 Å². The lowest BCUT2D eigenvalue weighted by Gasteiger charge is -2.14. The second kappa shape index (κ2) is 10.2. The van der Waals surface area contributed by atoms with Gasteiger partial charge in [-0.2, -0.15) is 0 Å². The van der Waals surface area contributed by atoms with Gasteiger partial charge in [-0.3, -0.25) is 19.7 Å². The minimum Gasteiger partial charge on any atom is -0.342 e. The molecule has 0 aliphatic rings. The molecule has 3 aromatic rings. The van der Waals surface area contributed by atoms with Crippen molar-refractivity contribution in [2.45, 2.75) is 25.0 Å². The van der Waals surface area contributed by atoms with Gasteiger partial charge in [-0.25, -0.2) is 4.39 Å². The molecule has 172 valence electrons. The zero-order valence-electron chi connectivity index (χ0n) is 18.0. The van der Waals surface area contributed by atoms with Crippen LogP contribution in [0.15, 0.2) is 47.6 Å². The number of nitrogens with zero attached hydrogens (tertiary/aromatic N) is 4. The van der Waals surface area contributed by atoms with Crippen LogP contribution in [0.3, 0.4) is 0 Å². The van der Waals surface area contributed by atoms with Gasteiger partial charge in [0.2, 0.25) is 5.91 Å². The van der Waals surface area contributed by atoms with Crippen molar-refractivity contribution in [3.05, 3.63) is 75.3 Å². The van der Waals surface area contributed by atoms with E-state index in [1.54, 1.807) is 43.7 Å². The average Bonchev–Trinajstić information content (AvgIpc) is 3.14. The molecular weight excluding hydrogens is 451 g/mol. The van der Waals surface area contributed by atoms with Gasteiger partial charge in [0.1, 0.15) is 5.82 Å². The van der Waals surface area contributed by atoms with Crippen molar-refractivity contribution in [3.8, 4) is 0 Å². The molecule has 1 atom stereocenters. The molecule has 0 spiro atoms. The van der Waals surface area contributed by atoms with E-state index in [1.165, 1.54) is 24.3 Å². The fourth-order valence-electron chi connectivity index (χ4n) is 3.02. The third-order valence-electron chi connectivity index (χ3n) is 4.74. The molecular formula is C21H21FN6O4S. The lowest BCUT2D eigenvalue weighted by Crippen LogP contribution is -2.29. The number of thioether (sulfide) groups is 1. The molecule has 0 aliphatic heterocycles. The van der Waals surface area contributed by atoms with Crippen molar-refractivity contribution in [2.24, 2.45) is 7.05 Å². The lowest BCUT2D eigenvalue weighted by molar-refractivity contribution is -0.385. The Bertz CT molecular complexity index is 1220. The van der Waals surface area contributed by atoms with Crippen LogP contribution in [-0.4, -0.2) is 37.3 Å². The largest absolute Gasteiger partial charge is 0.342 e. The summed E-state index contributed by atoms with van der Waals surface area (Å²) >= 11 is 1.11. The predicted octanol–water partition coefficient (Wildman–Crippen LogP) is 3.39. The summed E-state index contributed by atoms with van der Waals surface area (Å²) in [6.07, 6.45) is 0. The third-order valence-corrected chi connectivity index (χ3v) is 5.76. The minimum atomic E-state index is -0.624. The van der Waals surface area contributed by atoms with E-state index in [4.69, 9.17) is 0 Å². The Hall–Kier alpha value is -3.80. The molecule has 2 aromatic carbocycles. The topological polar surface area (TPSA) is 132 Å². The van der Waals surface area contributed by atoms with Crippen molar-refractivity contribution in [2.75, 3.05) is 11.1 Å². The minimum absolute atomic E-state index is 0.0103. The molecule has 0 radical (unpaired) electrons. The fraction of sp³-hybridized carbons (Fsp3) is 0.238. The number of carbonyl (C=O) groups is 2. The average molecular weight is 473 g/mol. The summed E-state index contributed by atoms with van der Waals surface area (Å²) in [5.41, 5.74) is 0.662. The van der Waals surface area contributed by atoms with Crippen LogP contribution in [0.25, 0.3) is 0 Å². The second-order valence-electron chi connectivity index (χ2n) is 7.17. The number of benzene rings is 2. The number of aromatic nitrogens is 3. The van der Waals surface area contributed by atoms with Gasteiger partial charge in [0.15, 0.2) is 11.0 Å². The maximum Gasteiger partial charge on any atom is 0.274 e. The van der Waals surface area contributed by atoms with Gasteiger partial charge < -0.3 is 15.2 Å². The summed E-state index contributed by atoms with van der Waals surface area (Å²) in [6, 6.07) is 9.55. The van der Waals surface area contributed by atoms with Crippen LogP contribution in [0.2, 0.25) is 0 Å². The first kappa shape index (κ1) is 23.9. The number of carbonyl (C=O) groups excluding carboxylic acids is 2. The van der Waals surface area contributed by atoms with E-state index < -0.39 is 22.7 Å². The zero-order chi connectivity index (χ0) is 24.1. The summed E-state index contributed by atoms with van der Waals surface area (Å²) in [5.74, 6) is -1.16. The van der Waals surface area contributed by atoms with Gasteiger partial charge >= 0.3 is 0 Å². The Morgan fingerprint density at radius 3 is 2.67 bits per heavy atom. The van der Waals surface area contributed by atoms with Crippen LogP contribution in [0.1, 0.15) is 34.7 Å². The summed E-state index contributed by atoms with van der Waals surface area (Å²) < 4.78 is 15.4. The summed E-state index contributed by atoms with van der Waals surface area (Å²) in [6.45, 7) is 3.30. The first-order chi connectivity index (χ1) is 15.7. The summed E-state index contributed by atoms with van der Waals surface area (Å²) in [4.78, 5) is 35.2. The Labute approximate surface area is 192 Å². The van der Waals surface area contributed by atoms with E-state index in [2.05, 4.69) is 20.8 Å². The molecule has 12 heteroatoms. The molecule has 1 heterocycles. The second-order valence-corrected chi connectivity index (χ2v) is 8.11. The molecule has 0 saturated carbocycles. The van der Waals surface area contributed by atoms with E-state index in [9.17, 15) is 24.1 Å². The normalized spacial score (nSPS) is 11.6. The van der Waals surface area contributed by atoms with Crippen LogP contribution >= 0.6 is 11.8 Å². The third kappa shape index (κ3) is 5.71. The van der Waals surface area contributed by atoms with Gasteiger partial charge in [-0.05, 0) is 32.0 Å². The fourth-order valence-corrected chi connectivity index (χ4v) is 3.74. The highest BCUT2D eigenvalue weighted by Gasteiger charge is 2.20. The number of hydrogen-bond donors (Lipinski definition) is 2. The molecule has 2 amide bonds. The number of nitro benzene ring substituents is 1. The molecule has 0 fully saturated rings. The molecule has 0 saturated heterocycles. The van der Waals surface area contributed by atoms with Gasteiger partial charge in [-0.15, -0.1) is 10.2 Å². The van der Waals surface area contributed by atoms with Gasteiger partial charge in [0, 0.05) is 24.4 Å². The van der Waals surface area contributed by atoms with Crippen LogP contribution in [-0.2, 0) is 11.8 Å². The van der Waals surface area contributed by atoms with Crippen molar-refractivity contribution >= 4 is 35.0 Å². The number of nitrogens with one attached hydrogen (secondary N) is 2. The predicted molar refractivity (Wildman–Crippen MR) is 120 cm³/mol. The molecule has 1 aromatic heterocycles. The highest BCUT2D eigenvalue weighted by atomic mass is 32.2. The summed E-state index contributed by atoms with van der Waals surface area (Å²) in [7, 11) is 1.69. The van der Waals surface area contributed by atoms with Crippen LogP contribution in [0.4, 0.5) is 15.8 Å². The first-order valence-electron chi connectivity index (χ1n) is 9.79. The standard InChI is InChI=1S/C21H21FN6O4S/c1-12-8-9-14(10-17(12)28(31)32)24-18(29)11-33-21-26-25-19(27(21)3)13(2)23-20(30)15-6-4-5-7-16(15)22/h4-10,13H,11H2,1-3H3,(H,23,30)(H,24,29). The molecule has 10 nitrogen and oxygen atoms in total. The van der Waals surface area contributed by atoms with Crippen LogP contribution in [0, 0.1) is 22.9 Å². The Kier molecular flexibility index (Phi) is 7.38. The quantitative estimate of drug-likeness (QED) is 0.292. The van der Waals surface area contributed by atoms with Crippen molar-refractivity contribution in [3.63, 3.8) is 0 Å². The van der Waals surface area contributed by atoms with Crippen molar-refractivity contribution in [1.82, 2.24) is 20.1 Å². The van der Waals surface area contributed by atoms with Crippen molar-refractivity contribution < 1.29 is 18.9 Å². The van der Waals surface area contributed by atoms with Crippen LogP contribution < -0.4 is 10.6 Å². The number of hydrogen-bond acceptors (Lipinski definition) is 7. The maximum absolute atomic E-state index is 13.8. The zero-order valence-corrected chi connectivity index (χ0v) is 18.9. The van der Waals surface area contributed by atoms with E-state index in [-0.39, 0.29) is 22.9 Å². The molecule has 33 heavy (non-hydrogen) atoms. The molecule has 1 unspecified atom stereocenters. The Balaban J connectivity index is 1.60. The van der Waals surface area contributed by atoms with Gasteiger partial charge in [0.25, 0.3) is 11.6 Å². The number of halogens is 1. The SMILES string of the molecule is Cc1ccc(NC(=O)CSc2nnc(C(C)NC(=O)c3ccccc3F)n2C)cc1[N+](=O)[O-]. The number of anilines is 1. The number of rotatable bonds is 8. The monoisotopic (exact) mass is 472 g/mol. The highest BCUT2D eigenvalue weighted by molar-refractivity contribution is 7.99. The van der Waals surface area contributed by atoms with Crippen molar-refractivity contribution in [1.29, 1.82) is 0 Å². The highest BCUT2D eigenvalue weighted by Crippen LogP contribution is 2.23. The van der Waals surface area contributed by atoms with E-state index in [1.807, 2.05) is 0 Å². The lowest BCUT2D eigenvalue weighted by atomic mass is 10.2. The smallest absolute Gasteiger partial charge is 0.274 e. The molecule has 0 bridgehead atoms. The maximum atomic E-state index is 13.8. The number of aryl methyl sites for hydroxylation is 1. The van der Waals surface area contributed by atoms with E-state index in [0.29, 0.717) is 22.2 Å². The van der Waals surface area contributed by atoms with E-state index in [0.717, 1.165) is 11.8 Å². The number of amides is 2. The Morgan fingerprint density at radius 1 is 1.24 bits per heavy atom. The number of nitro groups is 1.